The molecule has 7 heteroatoms. The second kappa shape index (κ2) is 8.23. The normalized spacial score (nSPS) is 10.3. The number of rotatable bonds is 5. The van der Waals surface area contributed by atoms with Gasteiger partial charge in [-0.25, -0.2) is 0 Å². The number of nitrogens with zero attached hydrogens (tertiary/aromatic N) is 1. The largest absolute Gasteiger partial charge is 0.495 e. The van der Waals surface area contributed by atoms with E-state index >= 15 is 0 Å². The summed E-state index contributed by atoms with van der Waals surface area (Å²) in [4.78, 5) is 25.7. The van der Waals surface area contributed by atoms with Gasteiger partial charge in [0.25, 0.3) is 0 Å². The third-order valence-corrected chi connectivity index (χ3v) is 4.13. The zero-order valence-electron chi connectivity index (χ0n) is 14.1. The van der Waals surface area contributed by atoms with Gasteiger partial charge in [0.1, 0.15) is 12.3 Å². The lowest BCUT2D eigenvalue weighted by molar-refractivity contribution is -0.120. The van der Waals surface area contributed by atoms with Crippen molar-refractivity contribution < 1.29 is 14.3 Å². The Kier molecular flexibility index (Phi) is 6.28. The maximum atomic E-state index is 12.5. The maximum Gasteiger partial charge on any atom is 0.244 e. The van der Waals surface area contributed by atoms with Crippen molar-refractivity contribution >= 4 is 46.4 Å². The number of hydrogen-bond donors (Lipinski definition) is 1. The molecule has 0 fully saturated rings. The number of carbonyl (C=O) groups is 2. The summed E-state index contributed by atoms with van der Waals surface area (Å²) in [6.07, 6.45) is 0. The number of carbonyl (C=O) groups excluding carboxylic acids is 2. The minimum Gasteiger partial charge on any atom is -0.495 e. The fourth-order valence-electron chi connectivity index (χ4n) is 2.35. The second-order valence-electron chi connectivity index (χ2n) is 5.43. The molecule has 2 rings (SSSR count). The quantitative estimate of drug-likeness (QED) is 0.840. The Morgan fingerprint density at radius 1 is 1.16 bits per heavy atom. The third-order valence-electron chi connectivity index (χ3n) is 3.52. The number of para-hydroxylation sites is 1. The Balaban J connectivity index is 2.25. The smallest absolute Gasteiger partial charge is 0.244 e. The zero-order chi connectivity index (χ0) is 18.6. The van der Waals surface area contributed by atoms with E-state index < -0.39 is 5.91 Å². The number of halogens is 2. The first kappa shape index (κ1) is 19.1. The molecule has 132 valence electrons. The first-order chi connectivity index (χ1) is 11.8. The van der Waals surface area contributed by atoms with E-state index in [1.807, 2.05) is 13.0 Å². The Bertz CT molecular complexity index is 789. The van der Waals surface area contributed by atoms with Gasteiger partial charge in [-0.05, 0) is 36.8 Å². The van der Waals surface area contributed by atoms with Crippen LogP contribution >= 0.6 is 23.2 Å². The van der Waals surface area contributed by atoms with E-state index in [0.717, 1.165) is 5.56 Å². The predicted octanol–water partition coefficient (Wildman–Crippen LogP) is 4.30. The van der Waals surface area contributed by atoms with Gasteiger partial charge in [-0.2, -0.15) is 0 Å². The molecule has 0 heterocycles. The average molecular weight is 381 g/mol. The van der Waals surface area contributed by atoms with Gasteiger partial charge in [0.15, 0.2) is 0 Å². The van der Waals surface area contributed by atoms with E-state index in [2.05, 4.69) is 5.32 Å². The van der Waals surface area contributed by atoms with Gasteiger partial charge in [-0.3, -0.25) is 9.59 Å². The fourth-order valence-corrected chi connectivity index (χ4v) is 2.95. The molecule has 0 aliphatic carbocycles. The van der Waals surface area contributed by atoms with Crippen molar-refractivity contribution in [1.29, 1.82) is 0 Å². The molecule has 25 heavy (non-hydrogen) atoms. The lowest BCUT2D eigenvalue weighted by atomic mass is 10.2. The summed E-state index contributed by atoms with van der Waals surface area (Å²) in [6, 6.07) is 10.3. The molecule has 0 unspecified atom stereocenters. The molecule has 5 nitrogen and oxygen atoms in total. The number of nitrogens with one attached hydrogen (secondary N) is 1. The Hall–Kier alpha value is -2.24. The number of anilines is 2. The van der Waals surface area contributed by atoms with Crippen LogP contribution in [0.2, 0.25) is 10.0 Å². The molecule has 0 bridgehead atoms. The number of benzene rings is 2. The van der Waals surface area contributed by atoms with Crippen LogP contribution < -0.4 is 15.0 Å². The molecule has 0 radical (unpaired) electrons. The van der Waals surface area contributed by atoms with E-state index in [-0.39, 0.29) is 12.5 Å². The second-order valence-corrected chi connectivity index (χ2v) is 6.24. The number of hydrogen-bond acceptors (Lipinski definition) is 3. The Labute approximate surface area is 156 Å². The van der Waals surface area contributed by atoms with Crippen LogP contribution in [0.5, 0.6) is 5.75 Å². The van der Waals surface area contributed by atoms with Gasteiger partial charge >= 0.3 is 0 Å². The van der Waals surface area contributed by atoms with Crippen LogP contribution in [-0.4, -0.2) is 25.5 Å². The van der Waals surface area contributed by atoms with E-state index in [1.165, 1.54) is 18.9 Å². The maximum absolute atomic E-state index is 12.5. The van der Waals surface area contributed by atoms with Gasteiger partial charge in [0, 0.05) is 6.92 Å². The van der Waals surface area contributed by atoms with Gasteiger partial charge in [0.2, 0.25) is 11.8 Å². The van der Waals surface area contributed by atoms with Crippen LogP contribution in [0.1, 0.15) is 12.5 Å². The summed E-state index contributed by atoms with van der Waals surface area (Å²) in [5.74, 6) is -0.208. The first-order valence-corrected chi connectivity index (χ1v) is 8.25. The SMILES string of the molecule is COc1ccc(C)cc1NC(=O)CN(C(C)=O)c1c(Cl)cccc1Cl. The number of ether oxygens (including phenoxy) is 1. The van der Waals surface area contributed by atoms with E-state index in [9.17, 15) is 9.59 Å². The summed E-state index contributed by atoms with van der Waals surface area (Å²) in [5.41, 5.74) is 1.81. The van der Waals surface area contributed by atoms with Crippen LogP contribution in [0.25, 0.3) is 0 Å². The van der Waals surface area contributed by atoms with E-state index in [4.69, 9.17) is 27.9 Å². The molecule has 0 saturated carbocycles. The highest BCUT2D eigenvalue weighted by molar-refractivity contribution is 6.40. The lowest BCUT2D eigenvalue weighted by Gasteiger charge is -2.23. The minimum absolute atomic E-state index is 0.226. The molecule has 2 aromatic carbocycles. The molecule has 1 N–H and O–H groups in total. The van der Waals surface area contributed by atoms with Crippen molar-refractivity contribution in [2.45, 2.75) is 13.8 Å². The highest BCUT2D eigenvalue weighted by atomic mass is 35.5. The lowest BCUT2D eigenvalue weighted by Crippen LogP contribution is -2.37. The molecule has 2 aromatic rings. The minimum atomic E-state index is -0.393. The van der Waals surface area contributed by atoms with Crippen molar-refractivity contribution in [2.24, 2.45) is 0 Å². The highest BCUT2D eigenvalue weighted by Gasteiger charge is 2.21. The van der Waals surface area contributed by atoms with Crippen molar-refractivity contribution in [3.63, 3.8) is 0 Å². The summed E-state index contributed by atoms with van der Waals surface area (Å²) in [6.45, 7) is 3.02. The Morgan fingerprint density at radius 3 is 2.36 bits per heavy atom. The molecular weight excluding hydrogens is 363 g/mol. The summed E-state index contributed by atoms with van der Waals surface area (Å²) >= 11 is 12.3. The highest BCUT2D eigenvalue weighted by Crippen LogP contribution is 2.33. The van der Waals surface area contributed by atoms with Crippen LogP contribution in [0.4, 0.5) is 11.4 Å². The topological polar surface area (TPSA) is 58.6 Å². The van der Waals surface area contributed by atoms with Crippen molar-refractivity contribution in [3.05, 3.63) is 52.0 Å². The van der Waals surface area contributed by atoms with Crippen LogP contribution in [-0.2, 0) is 9.59 Å². The summed E-state index contributed by atoms with van der Waals surface area (Å²) in [5, 5.41) is 3.34. The Morgan fingerprint density at radius 2 is 1.80 bits per heavy atom. The number of amides is 2. The van der Waals surface area contributed by atoms with Crippen molar-refractivity contribution in [1.82, 2.24) is 0 Å². The molecule has 2 amide bonds. The average Bonchev–Trinajstić information content (AvgIpc) is 2.53. The molecule has 0 aromatic heterocycles. The van der Waals surface area contributed by atoms with E-state index in [0.29, 0.717) is 27.2 Å². The summed E-state index contributed by atoms with van der Waals surface area (Å²) in [7, 11) is 1.52. The molecule has 0 saturated heterocycles. The zero-order valence-corrected chi connectivity index (χ0v) is 15.6. The predicted molar refractivity (Wildman–Crippen MR) is 101 cm³/mol. The van der Waals surface area contributed by atoms with Gasteiger partial charge < -0.3 is 15.0 Å². The monoisotopic (exact) mass is 380 g/mol. The standard InChI is InChI=1S/C18H18Cl2N2O3/c1-11-7-8-16(25-3)15(9-11)21-17(24)10-22(12(2)23)18-13(19)5-4-6-14(18)20/h4-9H,10H2,1-3H3,(H,21,24). The van der Waals surface area contributed by atoms with Crippen molar-refractivity contribution in [2.75, 3.05) is 23.9 Å². The third kappa shape index (κ3) is 4.65. The molecule has 0 atom stereocenters. The van der Waals surface area contributed by atoms with Crippen LogP contribution in [0.3, 0.4) is 0 Å². The first-order valence-electron chi connectivity index (χ1n) is 7.50. The van der Waals surface area contributed by atoms with E-state index in [1.54, 1.807) is 30.3 Å². The van der Waals surface area contributed by atoms with Gasteiger partial charge in [-0.15, -0.1) is 0 Å². The van der Waals surface area contributed by atoms with Crippen LogP contribution in [0.15, 0.2) is 36.4 Å². The number of aryl methyl sites for hydroxylation is 1. The molecule has 0 aliphatic heterocycles. The molecular formula is C18H18Cl2N2O3. The molecule has 0 spiro atoms. The fraction of sp³-hybridized carbons (Fsp3) is 0.222. The van der Waals surface area contributed by atoms with Crippen molar-refractivity contribution in [3.8, 4) is 5.75 Å². The number of methoxy groups -OCH3 is 1. The van der Waals surface area contributed by atoms with Gasteiger partial charge in [0.05, 0.1) is 28.5 Å². The molecule has 0 aliphatic rings. The van der Waals surface area contributed by atoms with Crippen LogP contribution in [0, 0.1) is 6.92 Å². The summed E-state index contributed by atoms with van der Waals surface area (Å²) < 4.78 is 5.24. The van der Waals surface area contributed by atoms with Gasteiger partial charge in [-0.1, -0.05) is 35.3 Å².